The van der Waals surface area contributed by atoms with Crippen molar-refractivity contribution in [2.75, 3.05) is 4.90 Å². The first-order valence-corrected chi connectivity index (χ1v) is 18.8. The summed E-state index contributed by atoms with van der Waals surface area (Å²) < 4.78 is 0. The largest absolute Gasteiger partial charge is 0.310 e. The number of nitrogens with zero attached hydrogens (tertiary/aromatic N) is 1. The van der Waals surface area contributed by atoms with Crippen molar-refractivity contribution in [1.29, 1.82) is 0 Å². The monoisotopic (exact) mass is 679 g/mol. The first-order chi connectivity index (χ1) is 25.8. The maximum absolute atomic E-state index is 2.46. The molecule has 0 spiro atoms. The highest BCUT2D eigenvalue weighted by Gasteiger charge is 2.37. The van der Waals surface area contributed by atoms with Gasteiger partial charge in [0.05, 0.1) is 0 Å². The van der Waals surface area contributed by atoms with Gasteiger partial charge in [-0.3, -0.25) is 0 Å². The molecule has 0 N–H and O–H groups in total. The first-order valence-electron chi connectivity index (χ1n) is 18.8. The van der Waals surface area contributed by atoms with Crippen molar-refractivity contribution < 1.29 is 0 Å². The highest BCUT2D eigenvalue weighted by atomic mass is 15.1. The molecule has 10 rings (SSSR count). The SMILES string of the molecule is CC1(C)c2ccccc2-c2ccc(N(c3ccc(-c4ccc(-c5ccccc5)c5ccccc45)cc3)c3ccc4c(c3)C(C)(C)c3ccccc3-4)cc21. The van der Waals surface area contributed by atoms with Crippen LogP contribution in [0.4, 0.5) is 17.1 Å². The number of anilines is 3. The van der Waals surface area contributed by atoms with Crippen LogP contribution < -0.4 is 4.90 Å². The highest BCUT2D eigenvalue weighted by Crippen LogP contribution is 2.53. The van der Waals surface area contributed by atoms with E-state index in [0.717, 1.165) is 5.69 Å². The highest BCUT2D eigenvalue weighted by molar-refractivity contribution is 6.05. The fourth-order valence-electron chi connectivity index (χ4n) is 9.32. The van der Waals surface area contributed by atoms with E-state index in [2.05, 4.69) is 209 Å². The van der Waals surface area contributed by atoms with E-state index in [1.807, 2.05) is 0 Å². The van der Waals surface area contributed by atoms with Crippen molar-refractivity contribution in [1.82, 2.24) is 0 Å². The van der Waals surface area contributed by atoms with E-state index >= 15 is 0 Å². The summed E-state index contributed by atoms with van der Waals surface area (Å²) in [6.07, 6.45) is 0. The van der Waals surface area contributed by atoms with Gasteiger partial charge in [0.1, 0.15) is 0 Å². The molecule has 0 saturated heterocycles. The fourth-order valence-corrected chi connectivity index (χ4v) is 9.32. The van der Waals surface area contributed by atoms with Crippen molar-refractivity contribution in [2.24, 2.45) is 0 Å². The second kappa shape index (κ2) is 11.7. The Bertz CT molecular complexity index is 2610. The quantitative estimate of drug-likeness (QED) is 0.175. The summed E-state index contributed by atoms with van der Waals surface area (Å²) in [7, 11) is 0. The van der Waals surface area contributed by atoms with Crippen LogP contribution >= 0.6 is 0 Å². The summed E-state index contributed by atoms with van der Waals surface area (Å²) in [5.74, 6) is 0. The summed E-state index contributed by atoms with van der Waals surface area (Å²) in [5.41, 5.74) is 19.1. The molecule has 8 aromatic carbocycles. The molecule has 0 aliphatic heterocycles. The Kier molecular flexibility index (Phi) is 6.94. The molecule has 0 atom stereocenters. The van der Waals surface area contributed by atoms with Gasteiger partial charge in [-0.25, -0.2) is 0 Å². The van der Waals surface area contributed by atoms with Crippen molar-refractivity contribution in [3.8, 4) is 44.5 Å². The molecule has 8 aromatic rings. The summed E-state index contributed by atoms with van der Waals surface area (Å²) in [6, 6.07) is 65.2. The Morgan fingerprint density at radius 2 is 0.679 bits per heavy atom. The van der Waals surface area contributed by atoms with E-state index in [0.29, 0.717) is 0 Å². The topological polar surface area (TPSA) is 3.24 Å². The molecule has 0 fully saturated rings. The van der Waals surface area contributed by atoms with E-state index in [9.17, 15) is 0 Å². The maximum atomic E-state index is 2.46. The lowest BCUT2D eigenvalue weighted by Crippen LogP contribution is -2.18. The molecule has 0 aromatic heterocycles. The molecular weight excluding hydrogens is 639 g/mol. The zero-order valence-corrected chi connectivity index (χ0v) is 30.7. The molecule has 0 radical (unpaired) electrons. The minimum Gasteiger partial charge on any atom is -0.310 e. The van der Waals surface area contributed by atoms with Gasteiger partial charge < -0.3 is 4.90 Å². The van der Waals surface area contributed by atoms with Crippen LogP contribution in [-0.4, -0.2) is 0 Å². The van der Waals surface area contributed by atoms with Crippen LogP contribution in [0.25, 0.3) is 55.3 Å². The van der Waals surface area contributed by atoms with Crippen LogP contribution in [0.3, 0.4) is 0 Å². The van der Waals surface area contributed by atoms with Crippen LogP contribution in [0, 0.1) is 0 Å². The van der Waals surface area contributed by atoms with Gasteiger partial charge in [-0.15, -0.1) is 0 Å². The molecule has 0 unspecified atom stereocenters. The number of benzene rings is 8. The predicted octanol–water partition coefficient (Wildman–Crippen LogP) is 14.3. The standard InChI is InChI=1S/C52H41N/c1-51(2)47-20-12-10-18-43(47)45-28-26-37(32-49(45)51)53(38-27-29-46-44-19-11-13-21-48(44)52(3,4)50(46)33-38)36-24-22-35(23-25-36)40-31-30-39(34-14-6-5-7-15-34)41-16-8-9-17-42(40)41/h5-33H,1-4H3. The van der Waals surface area contributed by atoms with E-state index in [1.54, 1.807) is 0 Å². The van der Waals surface area contributed by atoms with Gasteiger partial charge in [-0.05, 0) is 114 Å². The molecule has 0 saturated carbocycles. The molecule has 1 nitrogen and oxygen atoms in total. The van der Waals surface area contributed by atoms with Gasteiger partial charge in [-0.1, -0.05) is 167 Å². The third-order valence-corrected chi connectivity index (χ3v) is 12.1. The van der Waals surface area contributed by atoms with E-state index in [4.69, 9.17) is 0 Å². The molecule has 0 heterocycles. The van der Waals surface area contributed by atoms with Crippen LogP contribution in [0.5, 0.6) is 0 Å². The Balaban J connectivity index is 1.12. The van der Waals surface area contributed by atoms with Crippen LogP contribution in [0.15, 0.2) is 176 Å². The number of rotatable bonds is 5. The van der Waals surface area contributed by atoms with Gasteiger partial charge >= 0.3 is 0 Å². The summed E-state index contributed by atoms with van der Waals surface area (Å²) in [4.78, 5) is 2.46. The Morgan fingerprint density at radius 1 is 0.302 bits per heavy atom. The Labute approximate surface area is 312 Å². The van der Waals surface area contributed by atoms with Gasteiger partial charge in [0, 0.05) is 27.9 Å². The fraction of sp³-hybridized carbons (Fsp3) is 0.115. The van der Waals surface area contributed by atoms with Crippen molar-refractivity contribution >= 4 is 27.8 Å². The molecule has 2 aliphatic carbocycles. The minimum absolute atomic E-state index is 0.0913. The third-order valence-electron chi connectivity index (χ3n) is 12.1. The van der Waals surface area contributed by atoms with Crippen LogP contribution in [0.1, 0.15) is 49.9 Å². The van der Waals surface area contributed by atoms with E-state index in [1.165, 1.54) is 88.9 Å². The number of fused-ring (bicyclic) bond motifs is 7. The lowest BCUT2D eigenvalue weighted by Gasteiger charge is -2.30. The summed E-state index contributed by atoms with van der Waals surface area (Å²) >= 11 is 0. The molecule has 1 heteroatoms. The number of hydrogen-bond acceptors (Lipinski definition) is 1. The molecule has 2 aliphatic rings. The lowest BCUT2D eigenvalue weighted by molar-refractivity contribution is 0.660. The Hall–Kier alpha value is -6.18. The molecule has 0 amide bonds. The molecular formula is C52H41N. The third kappa shape index (κ3) is 4.77. The van der Waals surface area contributed by atoms with Crippen LogP contribution in [0.2, 0.25) is 0 Å². The first kappa shape index (κ1) is 31.5. The molecule has 254 valence electrons. The van der Waals surface area contributed by atoms with Crippen molar-refractivity contribution in [2.45, 2.75) is 38.5 Å². The normalized spacial score (nSPS) is 14.3. The molecule has 0 bridgehead atoms. The predicted molar refractivity (Wildman–Crippen MR) is 225 cm³/mol. The number of hydrogen-bond donors (Lipinski definition) is 0. The molecule has 53 heavy (non-hydrogen) atoms. The second-order valence-electron chi connectivity index (χ2n) is 15.8. The van der Waals surface area contributed by atoms with E-state index < -0.39 is 0 Å². The smallest absolute Gasteiger partial charge is 0.0465 e. The van der Waals surface area contributed by atoms with Gasteiger partial charge in [0.15, 0.2) is 0 Å². The second-order valence-corrected chi connectivity index (χ2v) is 15.8. The van der Waals surface area contributed by atoms with E-state index in [-0.39, 0.29) is 10.8 Å². The van der Waals surface area contributed by atoms with Gasteiger partial charge in [0.25, 0.3) is 0 Å². The summed E-state index contributed by atoms with van der Waals surface area (Å²) in [6.45, 7) is 9.46. The Morgan fingerprint density at radius 3 is 1.19 bits per heavy atom. The maximum Gasteiger partial charge on any atom is 0.0465 e. The minimum atomic E-state index is -0.0913. The average molecular weight is 680 g/mol. The van der Waals surface area contributed by atoms with Gasteiger partial charge in [-0.2, -0.15) is 0 Å². The zero-order chi connectivity index (χ0) is 35.9. The summed E-state index contributed by atoms with van der Waals surface area (Å²) in [5, 5.41) is 2.53. The lowest BCUT2D eigenvalue weighted by atomic mass is 9.82. The van der Waals surface area contributed by atoms with Crippen LogP contribution in [-0.2, 0) is 10.8 Å². The van der Waals surface area contributed by atoms with Gasteiger partial charge in [0.2, 0.25) is 0 Å². The van der Waals surface area contributed by atoms with Crippen molar-refractivity contribution in [3.63, 3.8) is 0 Å². The average Bonchev–Trinajstić information content (AvgIpc) is 3.57. The zero-order valence-electron chi connectivity index (χ0n) is 30.7. The van der Waals surface area contributed by atoms with Crippen molar-refractivity contribution in [3.05, 3.63) is 198 Å².